The Morgan fingerprint density at radius 1 is 1.50 bits per heavy atom. The molecule has 0 aliphatic carbocycles. The summed E-state index contributed by atoms with van der Waals surface area (Å²) < 4.78 is 10.9. The van der Waals surface area contributed by atoms with Crippen LogP contribution < -0.4 is 0 Å². The Balaban J connectivity index is 2.28. The van der Waals surface area contributed by atoms with Gasteiger partial charge in [0.2, 0.25) is 0 Å². The number of ether oxygens (including phenoxy) is 2. The second kappa shape index (κ2) is 4.21. The predicted molar refractivity (Wildman–Crippen MR) is 45.8 cm³/mol. The van der Waals surface area contributed by atoms with Gasteiger partial charge in [-0.2, -0.15) is 0 Å². The van der Waals surface area contributed by atoms with Gasteiger partial charge in [0.1, 0.15) is 0 Å². The molecule has 1 N–H and O–H groups in total. The summed E-state index contributed by atoms with van der Waals surface area (Å²) >= 11 is 0. The molecule has 1 aliphatic heterocycles. The molecule has 0 bridgehead atoms. The van der Waals surface area contributed by atoms with Crippen molar-refractivity contribution < 1.29 is 14.6 Å². The molecular weight excluding hydrogens is 156 g/mol. The monoisotopic (exact) mass is 174 g/mol. The molecule has 0 aromatic heterocycles. The second-order valence-electron chi connectivity index (χ2n) is 3.83. The van der Waals surface area contributed by atoms with Gasteiger partial charge in [-0.25, -0.2) is 0 Å². The van der Waals surface area contributed by atoms with Gasteiger partial charge in [0.05, 0.1) is 12.2 Å². The van der Waals surface area contributed by atoms with Gasteiger partial charge in [0.25, 0.3) is 0 Å². The van der Waals surface area contributed by atoms with Crippen LogP contribution in [-0.2, 0) is 9.47 Å². The normalized spacial score (nSPS) is 25.8. The molecule has 72 valence electrons. The van der Waals surface area contributed by atoms with E-state index in [0.717, 1.165) is 25.9 Å². The topological polar surface area (TPSA) is 38.7 Å². The van der Waals surface area contributed by atoms with Crippen LogP contribution in [0, 0.1) is 0 Å². The smallest absolute Gasteiger partial charge is 0.158 e. The van der Waals surface area contributed by atoms with Gasteiger partial charge in [0.15, 0.2) is 6.29 Å². The Kier molecular flexibility index (Phi) is 3.50. The highest BCUT2D eigenvalue weighted by atomic mass is 16.7. The Hall–Kier alpha value is -0.120. The lowest BCUT2D eigenvalue weighted by Gasteiger charge is -2.31. The molecule has 0 spiro atoms. The molecule has 0 unspecified atom stereocenters. The van der Waals surface area contributed by atoms with Crippen molar-refractivity contribution in [3.63, 3.8) is 0 Å². The molecule has 1 saturated heterocycles. The molecule has 1 aliphatic rings. The highest BCUT2D eigenvalue weighted by molar-refractivity contribution is 4.68. The number of aliphatic hydroxyl groups is 1. The summed E-state index contributed by atoms with van der Waals surface area (Å²) in [4.78, 5) is 0. The highest BCUT2D eigenvalue weighted by Gasteiger charge is 2.24. The van der Waals surface area contributed by atoms with Crippen molar-refractivity contribution in [2.75, 3.05) is 13.2 Å². The molecule has 0 amide bonds. The molecule has 3 nitrogen and oxygen atoms in total. The largest absolute Gasteiger partial charge is 0.393 e. The van der Waals surface area contributed by atoms with Crippen LogP contribution in [0.1, 0.15) is 33.1 Å². The van der Waals surface area contributed by atoms with E-state index in [9.17, 15) is 0 Å². The quantitative estimate of drug-likeness (QED) is 0.701. The van der Waals surface area contributed by atoms with Crippen molar-refractivity contribution in [3.8, 4) is 0 Å². The van der Waals surface area contributed by atoms with Crippen molar-refractivity contribution in [1.82, 2.24) is 0 Å². The van der Waals surface area contributed by atoms with Crippen molar-refractivity contribution >= 4 is 0 Å². The van der Waals surface area contributed by atoms with Gasteiger partial charge in [-0.05, 0) is 33.1 Å². The van der Waals surface area contributed by atoms with E-state index in [0.29, 0.717) is 0 Å². The number of hydrogen-bond acceptors (Lipinski definition) is 3. The maximum Gasteiger partial charge on any atom is 0.158 e. The van der Waals surface area contributed by atoms with Gasteiger partial charge in [-0.15, -0.1) is 0 Å². The maximum atomic E-state index is 8.94. The van der Waals surface area contributed by atoms with E-state index in [1.165, 1.54) is 0 Å². The van der Waals surface area contributed by atoms with Crippen molar-refractivity contribution in [3.05, 3.63) is 0 Å². The van der Waals surface area contributed by atoms with Crippen molar-refractivity contribution in [2.45, 2.75) is 45.0 Å². The fraction of sp³-hybridized carbons (Fsp3) is 1.00. The summed E-state index contributed by atoms with van der Waals surface area (Å²) in [5.41, 5.74) is -0.470. The van der Waals surface area contributed by atoms with Gasteiger partial charge in [-0.3, -0.25) is 0 Å². The highest BCUT2D eigenvalue weighted by Crippen LogP contribution is 2.19. The van der Waals surface area contributed by atoms with E-state index in [-0.39, 0.29) is 12.9 Å². The molecule has 1 atom stereocenters. The zero-order chi connectivity index (χ0) is 9.03. The van der Waals surface area contributed by atoms with Crippen molar-refractivity contribution in [1.29, 1.82) is 0 Å². The van der Waals surface area contributed by atoms with Crippen LogP contribution in [0.2, 0.25) is 0 Å². The Morgan fingerprint density at radius 3 is 2.75 bits per heavy atom. The average molecular weight is 174 g/mol. The fourth-order valence-corrected chi connectivity index (χ4v) is 1.20. The minimum Gasteiger partial charge on any atom is -0.393 e. The maximum absolute atomic E-state index is 8.94. The third kappa shape index (κ3) is 3.09. The van der Waals surface area contributed by atoms with Crippen LogP contribution in [0.25, 0.3) is 0 Å². The first kappa shape index (κ1) is 9.96. The SMILES string of the molecule is CC(C)(CO)O[C@H]1CCCCO1. The molecule has 0 radical (unpaired) electrons. The number of rotatable bonds is 3. The van der Waals surface area contributed by atoms with Crippen LogP contribution in [0.5, 0.6) is 0 Å². The molecule has 1 heterocycles. The van der Waals surface area contributed by atoms with Crippen LogP contribution >= 0.6 is 0 Å². The first-order valence-corrected chi connectivity index (χ1v) is 4.54. The third-order valence-electron chi connectivity index (χ3n) is 1.97. The molecule has 12 heavy (non-hydrogen) atoms. The molecule has 0 saturated carbocycles. The van der Waals surface area contributed by atoms with E-state index in [1.807, 2.05) is 13.8 Å². The summed E-state index contributed by atoms with van der Waals surface area (Å²) in [6.07, 6.45) is 3.12. The minimum atomic E-state index is -0.470. The van der Waals surface area contributed by atoms with Gasteiger partial charge in [-0.1, -0.05) is 0 Å². The van der Waals surface area contributed by atoms with Gasteiger partial charge in [0, 0.05) is 6.61 Å². The van der Waals surface area contributed by atoms with Gasteiger partial charge < -0.3 is 14.6 Å². The summed E-state index contributed by atoms with van der Waals surface area (Å²) in [5, 5.41) is 8.94. The summed E-state index contributed by atoms with van der Waals surface area (Å²) in [5.74, 6) is 0. The van der Waals surface area contributed by atoms with E-state index < -0.39 is 5.60 Å². The first-order valence-electron chi connectivity index (χ1n) is 4.54. The minimum absolute atomic E-state index is 0.0346. The lowest BCUT2D eigenvalue weighted by Crippen LogP contribution is -2.36. The molecule has 3 heteroatoms. The summed E-state index contributed by atoms with van der Waals surface area (Å²) in [7, 11) is 0. The Bertz CT molecular complexity index is 128. The third-order valence-corrected chi connectivity index (χ3v) is 1.97. The Labute approximate surface area is 73.7 Å². The predicted octanol–water partition coefficient (Wildman–Crippen LogP) is 1.30. The van der Waals surface area contributed by atoms with E-state index in [4.69, 9.17) is 14.6 Å². The molecule has 0 aromatic carbocycles. The van der Waals surface area contributed by atoms with Crippen LogP contribution in [0.3, 0.4) is 0 Å². The van der Waals surface area contributed by atoms with Crippen LogP contribution in [-0.4, -0.2) is 30.2 Å². The van der Waals surface area contributed by atoms with E-state index in [1.54, 1.807) is 0 Å². The Morgan fingerprint density at radius 2 is 2.25 bits per heavy atom. The number of hydrogen-bond donors (Lipinski definition) is 1. The lowest BCUT2D eigenvalue weighted by atomic mass is 10.1. The lowest BCUT2D eigenvalue weighted by molar-refractivity contribution is -0.223. The van der Waals surface area contributed by atoms with E-state index >= 15 is 0 Å². The number of aliphatic hydroxyl groups excluding tert-OH is 1. The zero-order valence-corrected chi connectivity index (χ0v) is 7.88. The zero-order valence-electron chi connectivity index (χ0n) is 7.88. The standard InChI is InChI=1S/C9H18O3/c1-9(2,7-10)12-8-5-3-4-6-11-8/h8,10H,3-7H2,1-2H3/t8-/m0/s1. The molecular formula is C9H18O3. The molecule has 1 fully saturated rings. The van der Waals surface area contributed by atoms with E-state index in [2.05, 4.69) is 0 Å². The summed E-state index contributed by atoms with van der Waals surface area (Å²) in [6.45, 7) is 4.55. The van der Waals surface area contributed by atoms with Gasteiger partial charge >= 0.3 is 0 Å². The second-order valence-corrected chi connectivity index (χ2v) is 3.83. The average Bonchev–Trinajstić information content (AvgIpc) is 2.06. The molecule has 0 aromatic rings. The summed E-state index contributed by atoms with van der Waals surface area (Å²) in [6, 6.07) is 0. The van der Waals surface area contributed by atoms with Crippen LogP contribution in [0.4, 0.5) is 0 Å². The van der Waals surface area contributed by atoms with Crippen molar-refractivity contribution in [2.24, 2.45) is 0 Å². The fourth-order valence-electron chi connectivity index (χ4n) is 1.20. The van der Waals surface area contributed by atoms with Crippen LogP contribution in [0.15, 0.2) is 0 Å². The first-order chi connectivity index (χ1) is 5.64. The molecule has 1 rings (SSSR count).